The summed E-state index contributed by atoms with van der Waals surface area (Å²) >= 11 is 0. The van der Waals surface area contributed by atoms with Crippen molar-refractivity contribution in [3.05, 3.63) is 56.9 Å². The predicted octanol–water partition coefficient (Wildman–Crippen LogP) is 0.0467. The number of nitrogens with one attached hydrogen (secondary N) is 1. The maximum Gasteiger partial charge on any atom is 0.262 e. The molecular weight excluding hydrogens is 298 g/mol. The first-order chi connectivity index (χ1) is 11.0. The van der Waals surface area contributed by atoms with Crippen LogP contribution in [-0.2, 0) is 0 Å². The molecule has 8 nitrogen and oxygen atoms in total. The van der Waals surface area contributed by atoms with Crippen LogP contribution in [0.15, 0.2) is 29.1 Å². The van der Waals surface area contributed by atoms with Crippen LogP contribution in [0.2, 0.25) is 0 Å². The molecule has 8 heteroatoms. The third-order valence-electron chi connectivity index (χ3n) is 3.46. The second-order valence-electron chi connectivity index (χ2n) is 4.73. The van der Waals surface area contributed by atoms with Gasteiger partial charge >= 0.3 is 0 Å². The number of hydrogen-bond acceptors (Lipinski definition) is 6. The Morgan fingerprint density at radius 2 is 1.70 bits per heavy atom. The molecule has 110 valence electrons. The summed E-state index contributed by atoms with van der Waals surface area (Å²) in [4.78, 5) is 35.6. The lowest BCUT2D eigenvalue weighted by Gasteiger charge is -2.12. The van der Waals surface area contributed by atoms with Gasteiger partial charge in [-0.1, -0.05) is 0 Å². The third-order valence-corrected chi connectivity index (χ3v) is 3.46. The van der Waals surface area contributed by atoms with E-state index in [2.05, 4.69) is 5.32 Å². The smallest absolute Gasteiger partial charge is 0.262 e. The molecule has 0 atom stereocenters. The summed E-state index contributed by atoms with van der Waals surface area (Å²) in [5.41, 5.74) is 5.53. The SMILES string of the molecule is N#Cc1ccc(-n2c(N)c3c(cc2=O)C(=O)NC3=O)cc1C#N. The minimum Gasteiger partial charge on any atom is -0.384 e. The van der Waals surface area contributed by atoms with Gasteiger partial charge in [0.2, 0.25) is 0 Å². The highest BCUT2D eigenvalue weighted by atomic mass is 16.2. The molecule has 2 amide bonds. The lowest BCUT2D eigenvalue weighted by Crippen LogP contribution is -2.24. The van der Waals surface area contributed by atoms with Crippen LogP contribution in [0.4, 0.5) is 5.82 Å². The molecule has 2 heterocycles. The van der Waals surface area contributed by atoms with Crippen molar-refractivity contribution in [1.82, 2.24) is 9.88 Å². The fourth-order valence-electron chi connectivity index (χ4n) is 2.41. The van der Waals surface area contributed by atoms with Gasteiger partial charge in [0.05, 0.1) is 27.9 Å². The molecule has 1 aliphatic heterocycles. The van der Waals surface area contributed by atoms with E-state index in [0.29, 0.717) is 0 Å². The van der Waals surface area contributed by atoms with Crippen LogP contribution in [0.1, 0.15) is 31.8 Å². The first-order valence-corrected chi connectivity index (χ1v) is 6.33. The number of fused-ring (bicyclic) bond motifs is 1. The first kappa shape index (κ1) is 14.0. The second kappa shape index (κ2) is 4.83. The molecule has 0 radical (unpaired) electrons. The van der Waals surface area contributed by atoms with Crippen LogP contribution in [0.3, 0.4) is 0 Å². The van der Waals surface area contributed by atoms with Crippen molar-refractivity contribution in [3.8, 4) is 17.8 Å². The first-order valence-electron chi connectivity index (χ1n) is 6.33. The van der Waals surface area contributed by atoms with Crippen LogP contribution >= 0.6 is 0 Å². The summed E-state index contributed by atoms with van der Waals surface area (Å²) in [6.07, 6.45) is 0. The topological polar surface area (TPSA) is 142 Å². The molecule has 0 aliphatic carbocycles. The summed E-state index contributed by atoms with van der Waals surface area (Å²) < 4.78 is 1.01. The van der Waals surface area contributed by atoms with E-state index >= 15 is 0 Å². The normalized spacial score (nSPS) is 12.3. The highest BCUT2D eigenvalue weighted by Crippen LogP contribution is 2.23. The van der Waals surface area contributed by atoms with Gasteiger partial charge in [-0.15, -0.1) is 0 Å². The molecule has 23 heavy (non-hydrogen) atoms. The number of rotatable bonds is 1. The minimum atomic E-state index is -0.689. The molecular formula is C15H7N5O3. The van der Waals surface area contributed by atoms with Crippen molar-refractivity contribution in [2.75, 3.05) is 5.73 Å². The van der Waals surface area contributed by atoms with E-state index in [1.807, 2.05) is 12.1 Å². The van der Waals surface area contributed by atoms with Crippen molar-refractivity contribution < 1.29 is 9.59 Å². The summed E-state index contributed by atoms with van der Waals surface area (Å²) in [6.45, 7) is 0. The van der Waals surface area contributed by atoms with Gasteiger partial charge in [-0.3, -0.25) is 24.3 Å². The van der Waals surface area contributed by atoms with Gasteiger partial charge in [-0.2, -0.15) is 10.5 Å². The second-order valence-corrected chi connectivity index (χ2v) is 4.73. The number of nitrogens with zero attached hydrogens (tertiary/aromatic N) is 3. The molecule has 2 aromatic rings. The third kappa shape index (κ3) is 1.94. The summed E-state index contributed by atoms with van der Waals surface area (Å²) in [5, 5.41) is 20.1. The lowest BCUT2D eigenvalue weighted by atomic mass is 10.1. The number of anilines is 1. The molecule has 3 N–H and O–H groups in total. The van der Waals surface area contributed by atoms with Crippen molar-refractivity contribution >= 4 is 17.6 Å². The zero-order chi connectivity index (χ0) is 16.7. The Hall–Kier alpha value is -3.91. The van der Waals surface area contributed by atoms with Gasteiger partial charge in [-0.05, 0) is 18.2 Å². The number of carbonyl (C=O) groups excluding carboxylic acids is 2. The van der Waals surface area contributed by atoms with E-state index in [9.17, 15) is 14.4 Å². The van der Waals surface area contributed by atoms with Crippen molar-refractivity contribution in [3.63, 3.8) is 0 Å². The maximum atomic E-state index is 12.3. The quantitative estimate of drug-likeness (QED) is 0.713. The van der Waals surface area contributed by atoms with Gasteiger partial charge in [0.1, 0.15) is 18.0 Å². The largest absolute Gasteiger partial charge is 0.384 e. The zero-order valence-electron chi connectivity index (χ0n) is 11.5. The van der Waals surface area contributed by atoms with Crippen LogP contribution in [-0.4, -0.2) is 16.4 Å². The van der Waals surface area contributed by atoms with E-state index in [4.69, 9.17) is 16.3 Å². The Morgan fingerprint density at radius 1 is 1.00 bits per heavy atom. The molecule has 0 fully saturated rings. The highest BCUT2D eigenvalue weighted by molar-refractivity contribution is 6.23. The Morgan fingerprint density at radius 3 is 2.35 bits per heavy atom. The van der Waals surface area contributed by atoms with Crippen LogP contribution in [0, 0.1) is 22.7 Å². The number of nitriles is 2. The molecule has 0 saturated heterocycles. The minimum absolute atomic E-state index is 0.0670. The average molecular weight is 305 g/mol. The van der Waals surface area contributed by atoms with Gasteiger partial charge in [0.25, 0.3) is 17.4 Å². The molecule has 1 aromatic carbocycles. The molecule has 0 saturated carbocycles. The summed E-state index contributed by atoms with van der Waals surface area (Å²) in [5.74, 6) is -1.58. The van der Waals surface area contributed by atoms with Gasteiger partial charge in [-0.25, -0.2) is 0 Å². The van der Waals surface area contributed by atoms with E-state index in [1.165, 1.54) is 18.2 Å². The molecule has 0 spiro atoms. The number of nitrogens with two attached hydrogens (primary N) is 1. The van der Waals surface area contributed by atoms with Crippen molar-refractivity contribution in [2.24, 2.45) is 0 Å². The predicted molar refractivity (Wildman–Crippen MR) is 77.7 cm³/mol. The summed E-state index contributed by atoms with van der Waals surface area (Å²) in [6, 6.07) is 8.84. The number of amides is 2. The lowest BCUT2D eigenvalue weighted by molar-refractivity contribution is 0.0880. The van der Waals surface area contributed by atoms with E-state index in [0.717, 1.165) is 10.6 Å². The van der Waals surface area contributed by atoms with Crippen LogP contribution in [0.25, 0.3) is 5.69 Å². The molecule has 3 rings (SSSR count). The Kier molecular flexibility index (Phi) is 2.95. The number of benzene rings is 1. The highest BCUT2D eigenvalue weighted by Gasteiger charge is 2.31. The maximum absolute atomic E-state index is 12.3. The number of carbonyl (C=O) groups is 2. The van der Waals surface area contributed by atoms with E-state index < -0.39 is 17.4 Å². The number of pyridine rings is 1. The van der Waals surface area contributed by atoms with Gasteiger partial charge < -0.3 is 5.73 Å². The number of hydrogen-bond donors (Lipinski definition) is 2. The molecule has 0 unspecified atom stereocenters. The number of aromatic nitrogens is 1. The van der Waals surface area contributed by atoms with E-state index in [-0.39, 0.29) is 33.8 Å². The van der Waals surface area contributed by atoms with E-state index in [1.54, 1.807) is 0 Å². The van der Waals surface area contributed by atoms with Gasteiger partial charge in [0, 0.05) is 6.07 Å². The number of nitrogen functional groups attached to an aromatic ring is 1. The zero-order valence-corrected chi connectivity index (χ0v) is 11.5. The van der Waals surface area contributed by atoms with Crippen LogP contribution in [0.5, 0.6) is 0 Å². The molecule has 1 aromatic heterocycles. The fraction of sp³-hybridized carbons (Fsp3) is 0. The standard InChI is InChI=1S/C15H7N5O3/c16-5-7-1-2-9(3-8(7)6-17)20-11(21)4-10-12(13(20)18)15(23)19-14(10)22/h1-4H,18H2,(H,19,22,23). The Balaban J connectivity index is 2.32. The Labute approximate surface area is 129 Å². The Bertz CT molecular complexity index is 1040. The average Bonchev–Trinajstić information content (AvgIpc) is 2.81. The van der Waals surface area contributed by atoms with Gasteiger partial charge in [0.15, 0.2) is 0 Å². The monoisotopic (exact) mass is 305 g/mol. The molecule has 1 aliphatic rings. The van der Waals surface area contributed by atoms with Crippen molar-refractivity contribution in [1.29, 1.82) is 10.5 Å². The fourth-order valence-corrected chi connectivity index (χ4v) is 2.41. The van der Waals surface area contributed by atoms with Crippen LogP contribution < -0.4 is 16.6 Å². The molecule has 0 bridgehead atoms. The van der Waals surface area contributed by atoms with Crippen molar-refractivity contribution in [2.45, 2.75) is 0 Å². The summed E-state index contributed by atoms with van der Waals surface area (Å²) in [7, 11) is 0. The number of imide groups is 1.